The molecule has 1 saturated heterocycles. The van der Waals surface area contributed by atoms with Gasteiger partial charge in [-0.3, -0.25) is 32.5 Å². The average Bonchev–Trinajstić information content (AvgIpc) is 3.82. The molecule has 3 rings (SSSR count). The molecule has 0 saturated carbocycles. The Kier molecular flexibility index (Phi) is 25.0. The molecule has 2 aromatic heterocycles. The smallest absolute Gasteiger partial charge is 0.386 e. The zero-order valence-corrected chi connectivity index (χ0v) is 44.3. The number of nitrogens with zero attached hydrogens (tertiary/aromatic N) is 4. The highest BCUT2D eigenvalue weighted by Crippen LogP contribution is 2.61. The van der Waals surface area contributed by atoms with Crippen LogP contribution in [0.1, 0.15) is 119 Å². The number of ether oxygens (including phenoxy) is 1. The summed E-state index contributed by atoms with van der Waals surface area (Å²) in [5.74, 6) is 0.563. The molecule has 29 heteroatoms. The number of anilines is 1. The number of aliphatic hydroxyl groups is 3. The van der Waals surface area contributed by atoms with E-state index >= 15 is 0 Å². The molecule has 0 aliphatic carbocycles. The summed E-state index contributed by atoms with van der Waals surface area (Å²) < 4.78 is 62.5. The molecule has 11 N–H and O–H groups in total. The number of phosphoric ester groups is 3. The summed E-state index contributed by atoms with van der Waals surface area (Å²) in [6, 6.07) is 0. The number of phosphoric acid groups is 3. The van der Waals surface area contributed by atoms with Crippen molar-refractivity contribution in [2.45, 2.75) is 149 Å². The second kappa shape index (κ2) is 28.3. The fourth-order valence-electron chi connectivity index (χ4n) is 7.52. The van der Waals surface area contributed by atoms with E-state index in [0.717, 1.165) is 60.1 Å². The van der Waals surface area contributed by atoms with Gasteiger partial charge in [0.25, 0.3) is 0 Å². The third-order valence-electron chi connectivity index (χ3n) is 11.8. The topological polar surface area (TPSA) is 384 Å². The number of nitrogens with two attached hydrogens (primary N) is 1. The Morgan fingerprint density at radius 2 is 1.47 bits per heavy atom. The van der Waals surface area contributed by atoms with E-state index in [0.29, 0.717) is 5.92 Å². The number of nitrogen functional groups attached to an aromatic ring is 1. The molecule has 25 nitrogen and oxygen atoms in total. The Labute approximate surface area is 412 Å². The summed E-state index contributed by atoms with van der Waals surface area (Å²) in [5.41, 5.74) is 4.25. The van der Waals surface area contributed by atoms with Crippen LogP contribution in [0.25, 0.3) is 11.2 Å². The van der Waals surface area contributed by atoms with Crippen molar-refractivity contribution in [2.75, 3.05) is 37.8 Å². The molecule has 11 atom stereocenters. The molecule has 1 fully saturated rings. The maximum absolute atomic E-state index is 12.8. The number of aliphatic hydroxyl groups excluding tert-OH is 3. The van der Waals surface area contributed by atoms with Gasteiger partial charge in [0.15, 0.2) is 17.7 Å². The molecule has 0 spiro atoms. The quantitative estimate of drug-likeness (QED) is 0.0355. The fraction of sp³-hybridized carbons (Fsp3) is 0.805. The second-order valence-corrected chi connectivity index (χ2v) is 24.4. The first kappa shape index (κ1) is 61.8. The minimum atomic E-state index is -5.59. The first-order valence-electron chi connectivity index (χ1n) is 23.3. The number of hydrogen-bond donors (Lipinski definition) is 10. The molecular weight excluding hydrogens is 1000 g/mol. The van der Waals surface area contributed by atoms with Gasteiger partial charge in [-0.1, -0.05) is 112 Å². The number of aromatic nitrogens is 4. The molecule has 402 valence electrons. The van der Waals surface area contributed by atoms with Crippen LogP contribution >= 0.6 is 35.2 Å². The summed E-state index contributed by atoms with van der Waals surface area (Å²) >= 11 is 0.917. The molecule has 2 amide bonds. The van der Waals surface area contributed by atoms with Crippen LogP contribution in [0.15, 0.2) is 12.7 Å². The number of imidazole rings is 1. The first-order valence-corrected chi connectivity index (χ1v) is 28.8. The van der Waals surface area contributed by atoms with Crippen LogP contribution in [0.3, 0.4) is 0 Å². The molecule has 1 aliphatic heterocycles. The van der Waals surface area contributed by atoms with Crippen LogP contribution in [0.4, 0.5) is 5.82 Å². The van der Waals surface area contributed by atoms with Crippen molar-refractivity contribution in [2.24, 2.45) is 29.1 Å². The molecule has 0 radical (unpaired) electrons. The van der Waals surface area contributed by atoms with Crippen molar-refractivity contribution in [1.29, 1.82) is 0 Å². The van der Waals surface area contributed by atoms with Gasteiger partial charge in [-0.25, -0.2) is 28.6 Å². The van der Waals surface area contributed by atoms with Crippen LogP contribution in [-0.2, 0) is 50.7 Å². The number of carbonyl (C=O) groups excluding carboxylic acids is 3. The van der Waals surface area contributed by atoms with Crippen molar-refractivity contribution in [3.05, 3.63) is 12.7 Å². The molecule has 0 bridgehead atoms. The Balaban J connectivity index is 1.34. The normalized spacial score (nSPS) is 21.7. The minimum absolute atomic E-state index is 0.0270. The zero-order valence-electron chi connectivity index (χ0n) is 40.8. The molecule has 1 aliphatic rings. The fourth-order valence-corrected chi connectivity index (χ4v) is 11.2. The van der Waals surface area contributed by atoms with E-state index < -0.39 is 90.7 Å². The van der Waals surface area contributed by atoms with E-state index in [1.165, 1.54) is 52.4 Å². The van der Waals surface area contributed by atoms with Gasteiger partial charge in [-0.05, 0) is 30.1 Å². The summed E-state index contributed by atoms with van der Waals surface area (Å²) in [6.07, 6.45) is 2.02. The number of rotatable bonds is 33. The number of amides is 2. The number of thioether (sulfide) groups is 1. The first-order chi connectivity index (χ1) is 32.5. The lowest BCUT2D eigenvalue weighted by Crippen LogP contribution is -2.46. The van der Waals surface area contributed by atoms with Crippen LogP contribution in [0, 0.1) is 29.1 Å². The van der Waals surface area contributed by atoms with E-state index in [1.807, 2.05) is 6.92 Å². The maximum atomic E-state index is 12.8. The number of carbonyl (C=O) groups is 3. The van der Waals surface area contributed by atoms with Gasteiger partial charge in [-0.15, -0.1) is 0 Å². The van der Waals surface area contributed by atoms with Crippen molar-refractivity contribution in [1.82, 2.24) is 30.2 Å². The van der Waals surface area contributed by atoms with Crippen LogP contribution in [-0.4, -0.2) is 134 Å². The van der Waals surface area contributed by atoms with Gasteiger partial charge in [0, 0.05) is 30.7 Å². The maximum Gasteiger partial charge on any atom is 0.481 e. The number of hydrogen-bond acceptors (Lipinski definition) is 19. The summed E-state index contributed by atoms with van der Waals surface area (Å²) in [6.45, 7) is 11.3. The second-order valence-electron chi connectivity index (χ2n) is 19.1. The van der Waals surface area contributed by atoms with Gasteiger partial charge < -0.3 is 56.0 Å². The Hall–Kier alpha value is -2.48. The van der Waals surface area contributed by atoms with Crippen molar-refractivity contribution < 1.29 is 85.6 Å². The Morgan fingerprint density at radius 3 is 2.09 bits per heavy atom. The van der Waals surface area contributed by atoms with Crippen molar-refractivity contribution >= 4 is 69.1 Å². The zero-order chi connectivity index (χ0) is 52.6. The highest BCUT2D eigenvalue weighted by Gasteiger charge is 2.50. The summed E-state index contributed by atoms with van der Waals surface area (Å²) in [5, 5.41) is 36.8. The molecule has 70 heavy (non-hydrogen) atoms. The van der Waals surface area contributed by atoms with Gasteiger partial charge in [0.2, 0.25) is 16.9 Å². The van der Waals surface area contributed by atoms with Gasteiger partial charge in [0.1, 0.15) is 42.4 Å². The molecule has 3 heterocycles. The predicted octanol–water partition coefficient (Wildman–Crippen LogP) is 4.10. The third kappa shape index (κ3) is 21.2. The van der Waals surface area contributed by atoms with E-state index in [1.54, 1.807) is 0 Å². The standard InChI is InChI=1S/C41H74N7O18P3S/c1-25(2)11-8-12-26(3)13-9-14-27(4)15-10-16-28(5)32(50)40(54)70-20-19-43-30(49)17-18-44-38(53)35(52)41(6,7)22-63-69(60,61)66-68(58,59)62-21-29-34(65-67(55,56)57)33(51)39(64-29)48-24-47-31-36(42)45-23-46-37(31)48/h23-29,32-35,39,50-52H,8-22H2,1-7H3,(H,43,49)(H,44,53)(H,58,59)(H,60,61)(H2,42,45,46)(H2,55,56,57). The number of nitrogens with one attached hydrogen (secondary N) is 2. The molecular formula is C41H74N7O18P3S. The van der Waals surface area contributed by atoms with E-state index in [2.05, 4.69) is 62.1 Å². The van der Waals surface area contributed by atoms with Crippen LogP contribution in [0.5, 0.6) is 0 Å². The summed E-state index contributed by atoms with van der Waals surface area (Å²) in [7, 11) is -16.5. The van der Waals surface area contributed by atoms with Crippen molar-refractivity contribution in [3.63, 3.8) is 0 Å². The monoisotopic (exact) mass is 1080 g/mol. The Morgan fingerprint density at radius 1 is 0.871 bits per heavy atom. The van der Waals surface area contributed by atoms with Crippen molar-refractivity contribution in [3.8, 4) is 0 Å². The lowest BCUT2D eigenvalue weighted by Gasteiger charge is -2.30. The molecule has 2 aromatic rings. The van der Waals surface area contributed by atoms with E-state index in [-0.39, 0.29) is 53.3 Å². The van der Waals surface area contributed by atoms with Crippen LogP contribution < -0.4 is 16.4 Å². The van der Waals surface area contributed by atoms with Gasteiger partial charge in [-0.2, -0.15) is 4.31 Å². The van der Waals surface area contributed by atoms with E-state index in [9.17, 15) is 63.0 Å². The SMILES string of the molecule is CC(C)CCCC(C)CCCC(C)CCCC(C)C(O)C(=O)SCCNC(=O)CCNC(=O)C(O)C(C)(C)COP(=O)(O)OP(=O)(O)OCC1OC(n2cnc3c(N)ncnc32)C(O)C1OP(=O)(O)O. The summed E-state index contributed by atoms with van der Waals surface area (Å²) in [4.78, 5) is 89.0. The predicted molar refractivity (Wildman–Crippen MR) is 257 cm³/mol. The van der Waals surface area contributed by atoms with Gasteiger partial charge in [0.05, 0.1) is 19.5 Å². The lowest BCUT2D eigenvalue weighted by atomic mass is 9.87. The largest absolute Gasteiger partial charge is 0.481 e. The molecule has 0 aromatic carbocycles. The van der Waals surface area contributed by atoms with Gasteiger partial charge >= 0.3 is 23.5 Å². The molecule has 11 unspecified atom stereocenters. The average molecular weight is 1080 g/mol. The third-order valence-corrected chi connectivity index (χ3v) is 15.8. The minimum Gasteiger partial charge on any atom is -0.386 e. The highest BCUT2D eigenvalue weighted by atomic mass is 32.2. The van der Waals surface area contributed by atoms with E-state index in [4.69, 9.17) is 19.5 Å². The Bertz CT molecular complexity index is 2130. The number of fused-ring (bicyclic) bond motifs is 1. The lowest BCUT2D eigenvalue weighted by molar-refractivity contribution is -0.137. The van der Waals surface area contributed by atoms with Crippen LogP contribution in [0.2, 0.25) is 0 Å². The highest BCUT2D eigenvalue weighted by molar-refractivity contribution is 8.13.